The fraction of sp³-hybridized carbons (Fsp3) is 0.500. The number of amides is 1. The molecule has 2 unspecified atom stereocenters. The Bertz CT molecular complexity index is 513. The monoisotopic (exact) mass is 293 g/mol. The van der Waals surface area contributed by atoms with Gasteiger partial charge in [0.25, 0.3) is 0 Å². The molecule has 0 heterocycles. The van der Waals surface area contributed by atoms with E-state index >= 15 is 0 Å². The van der Waals surface area contributed by atoms with Crippen molar-refractivity contribution in [2.75, 3.05) is 6.61 Å². The largest absolute Gasteiger partial charge is 0.493 e. The fourth-order valence-electron chi connectivity index (χ4n) is 1.88. The number of hydrogen-bond donors (Lipinski definition) is 2. The van der Waals surface area contributed by atoms with Crippen molar-refractivity contribution in [3.8, 4) is 5.75 Å². The molecule has 1 amide bonds. The molecule has 1 rings (SSSR count). The summed E-state index contributed by atoms with van der Waals surface area (Å²) in [5.74, 6) is -0.982. The topological polar surface area (TPSA) is 75.6 Å². The summed E-state index contributed by atoms with van der Waals surface area (Å²) in [6, 6.07) is 5.46. The van der Waals surface area contributed by atoms with Crippen LogP contribution in [0.1, 0.15) is 31.4 Å². The Morgan fingerprint density at radius 1 is 1.29 bits per heavy atom. The zero-order chi connectivity index (χ0) is 16.0. The fourth-order valence-corrected chi connectivity index (χ4v) is 1.88. The molecule has 5 nitrogen and oxygen atoms in total. The van der Waals surface area contributed by atoms with Gasteiger partial charge in [-0.3, -0.25) is 9.59 Å². The van der Waals surface area contributed by atoms with E-state index in [1.807, 2.05) is 32.0 Å². The number of carboxylic acid groups (broad SMARTS) is 1. The molecule has 0 radical (unpaired) electrons. The average Bonchev–Trinajstić information content (AvgIpc) is 2.40. The van der Waals surface area contributed by atoms with Crippen LogP contribution in [0, 0.1) is 19.8 Å². The number of aryl methyl sites for hydroxylation is 2. The highest BCUT2D eigenvalue weighted by Gasteiger charge is 2.20. The predicted octanol–water partition coefficient (Wildman–Crippen LogP) is 2.30. The second-order valence-electron chi connectivity index (χ2n) is 5.35. The third kappa shape index (κ3) is 5.45. The number of carbonyl (C=O) groups excluding carboxylic acids is 1. The Morgan fingerprint density at radius 3 is 2.52 bits per heavy atom. The number of benzene rings is 1. The molecular weight excluding hydrogens is 270 g/mol. The van der Waals surface area contributed by atoms with Crippen molar-refractivity contribution in [1.29, 1.82) is 0 Å². The first-order valence-electron chi connectivity index (χ1n) is 7.03. The van der Waals surface area contributed by atoms with Crippen LogP contribution in [0.3, 0.4) is 0 Å². The van der Waals surface area contributed by atoms with Crippen molar-refractivity contribution < 1.29 is 19.4 Å². The van der Waals surface area contributed by atoms with Crippen molar-refractivity contribution in [3.63, 3.8) is 0 Å². The van der Waals surface area contributed by atoms with Gasteiger partial charge in [0.2, 0.25) is 5.91 Å². The molecule has 0 bridgehead atoms. The van der Waals surface area contributed by atoms with E-state index in [-0.39, 0.29) is 18.9 Å². The number of carbonyl (C=O) groups is 2. The van der Waals surface area contributed by atoms with E-state index < -0.39 is 17.9 Å². The summed E-state index contributed by atoms with van der Waals surface area (Å²) in [6.07, 6.45) is 0.198. The Kier molecular flexibility index (Phi) is 6.21. The molecule has 0 aliphatic carbocycles. The number of hydrogen-bond acceptors (Lipinski definition) is 3. The summed E-state index contributed by atoms with van der Waals surface area (Å²) < 4.78 is 5.57. The number of nitrogens with one attached hydrogen (secondary N) is 1. The lowest BCUT2D eigenvalue weighted by Crippen LogP contribution is -2.40. The second kappa shape index (κ2) is 7.67. The van der Waals surface area contributed by atoms with Crippen LogP contribution in [0.4, 0.5) is 0 Å². The SMILES string of the molecule is Cc1ccc(OCCC(=O)NC(C)C(C)C(=O)O)c(C)c1. The number of ether oxygens (including phenoxy) is 1. The maximum Gasteiger partial charge on any atom is 0.308 e. The zero-order valence-corrected chi connectivity index (χ0v) is 13.0. The molecule has 0 saturated heterocycles. The number of carboxylic acids is 1. The predicted molar refractivity (Wildman–Crippen MR) is 80.4 cm³/mol. The summed E-state index contributed by atoms with van der Waals surface area (Å²) in [5.41, 5.74) is 2.19. The quantitative estimate of drug-likeness (QED) is 0.809. The third-order valence-corrected chi connectivity index (χ3v) is 3.45. The first kappa shape index (κ1) is 17.0. The van der Waals surface area contributed by atoms with Gasteiger partial charge >= 0.3 is 5.97 Å². The first-order valence-corrected chi connectivity index (χ1v) is 7.03. The molecule has 0 fully saturated rings. The Morgan fingerprint density at radius 2 is 1.95 bits per heavy atom. The van der Waals surface area contributed by atoms with Gasteiger partial charge in [0.05, 0.1) is 18.9 Å². The smallest absolute Gasteiger partial charge is 0.308 e. The van der Waals surface area contributed by atoms with Gasteiger partial charge in [0.1, 0.15) is 5.75 Å². The van der Waals surface area contributed by atoms with Gasteiger partial charge < -0.3 is 15.2 Å². The van der Waals surface area contributed by atoms with Gasteiger partial charge in [-0.05, 0) is 39.3 Å². The standard InChI is InChI=1S/C16H23NO4/c1-10-5-6-14(11(2)9-10)21-8-7-15(18)17-13(4)12(3)16(19)20/h5-6,9,12-13H,7-8H2,1-4H3,(H,17,18)(H,19,20). The van der Waals surface area contributed by atoms with Crippen LogP contribution < -0.4 is 10.1 Å². The summed E-state index contributed by atoms with van der Waals surface area (Å²) in [7, 11) is 0. The summed E-state index contributed by atoms with van der Waals surface area (Å²) in [6.45, 7) is 7.49. The molecule has 1 aromatic carbocycles. The Balaban J connectivity index is 2.38. The molecule has 0 aliphatic rings. The van der Waals surface area contributed by atoms with Crippen LogP contribution in [0.25, 0.3) is 0 Å². The van der Waals surface area contributed by atoms with Crippen LogP contribution >= 0.6 is 0 Å². The van der Waals surface area contributed by atoms with E-state index in [4.69, 9.17) is 9.84 Å². The van der Waals surface area contributed by atoms with Gasteiger partial charge in [-0.15, -0.1) is 0 Å². The Labute approximate surface area is 125 Å². The van der Waals surface area contributed by atoms with E-state index in [1.165, 1.54) is 0 Å². The summed E-state index contributed by atoms with van der Waals surface area (Å²) in [5, 5.41) is 11.5. The molecular formula is C16H23NO4. The molecule has 0 saturated carbocycles. The van der Waals surface area contributed by atoms with Crippen molar-refractivity contribution in [2.24, 2.45) is 5.92 Å². The lowest BCUT2D eigenvalue weighted by atomic mass is 10.0. The van der Waals surface area contributed by atoms with Crippen LogP contribution in [-0.2, 0) is 9.59 Å². The molecule has 21 heavy (non-hydrogen) atoms. The number of rotatable bonds is 7. The first-order chi connectivity index (χ1) is 9.81. The van der Waals surface area contributed by atoms with Crippen molar-refractivity contribution >= 4 is 11.9 Å². The maximum atomic E-state index is 11.7. The van der Waals surface area contributed by atoms with E-state index in [0.717, 1.165) is 16.9 Å². The van der Waals surface area contributed by atoms with Crippen molar-refractivity contribution in [2.45, 2.75) is 40.2 Å². The Hall–Kier alpha value is -2.04. The molecule has 116 valence electrons. The summed E-state index contributed by atoms with van der Waals surface area (Å²) >= 11 is 0. The zero-order valence-electron chi connectivity index (χ0n) is 13.0. The van der Waals surface area contributed by atoms with E-state index in [1.54, 1.807) is 13.8 Å². The van der Waals surface area contributed by atoms with Crippen LogP contribution in [0.2, 0.25) is 0 Å². The number of aliphatic carboxylic acids is 1. The molecule has 0 spiro atoms. The van der Waals surface area contributed by atoms with Gasteiger partial charge in [0, 0.05) is 6.04 Å². The van der Waals surface area contributed by atoms with E-state index in [0.29, 0.717) is 0 Å². The minimum Gasteiger partial charge on any atom is -0.493 e. The molecule has 0 aromatic heterocycles. The van der Waals surface area contributed by atoms with Crippen molar-refractivity contribution in [1.82, 2.24) is 5.32 Å². The van der Waals surface area contributed by atoms with Gasteiger partial charge in [0.15, 0.2) is 0 Å². The minimum absolute atomic E-state index is 0.198. The molecule has 0 aliphatic heterocycles. The normalized spacial score (nSPS) is 13.3. The lowest BCUT2D eigenvalue weighted by Gasteiger charge is -2.18. The van der Waals surface area contributed by atoms with Gasteiger partial charge in [-0.2, -0.15) is 0 Å². The minimum atomic E-state index is -0.922. The highest BCUT2D eigenvalue weighted by Crippen LogP contribution is 2.18. The second-order valence-corrected chi connectivity index (χ2v) is 5.35. The van der Waals surface area contributed by atoms with Crippen LogP contribution in [0.5, 0.6) is 5.75 Å². The maximum absolute atomic E-state index is 11.7. The molecule has 2 N–H and O–H groups in total. The molecule has 5 heteroatoms. The molecule has 1 aromatic rings. The van der Waals surface area contributed by atoms with Gasteiger partial charge in [-0.25, -0.2) is 0 Å². The highest BCUT2D eigenvalue weighted by atomic mass is 16.5. The highest BCUT2D eigenvalue weighted by molar-refractivity contribution is 5.78. The summed E-state index contributed by atoms with van der Waals surface area (Å²) in [4.78, 5) is 22.5. The van der Waals surface area contributed by atoms with E-state index in [9.17, 15) is 9.59 Å². The molecule has 2 atom stereocenters. The van der Waals surface area contributed by atoms with E-state index in [2.05, 4.69) is 5.32 Å². The van der Waals surface area contributed by atoms with Crippen LogP contribution in [-0.4, -0.2) is 29.6 Å². The van der Waals surface area contributed by atoms with Gasteiger partial charge in [-0.1, -0.05) is 17.7 Å². The lowest BCUT2D eigenvalue weighted by molar-refractivity contribution is -0.142. The third-order valence-electron chi connectivity index (χ3n) is 3.45. The average molecular weight is 293 g/mol. The van der Waals surface area contributed by atoms with Crippen molar-refractivity contribution in [3.05, 3.63) is 29.3 Å². The van der Waals surface area contributed by atoms with Crippen LogP contribution in [0.15, 0.2) is 18.2 Å².